The van der Waals surface area contributed by atoms with Crippen LogP contribution in [0.3, 0.4) is 0 Å². The molecular formula is C14H22N4O. The van der Waals surface area contributed by atoms with Crippen LogP contribution >= 0.6 is 0 Å². The number of likely N-dealkylation sites (N-methyl/N-ethyl adjacent to an activating group) is 1. The second-order valence-electron chi connectivity index (χ2n) is 5.02. The first-order chi connectivity index (χ1) is 9.20. The first-order valence-corrected chi connectivity index (χ1v) is 6.78. The molecule has 2 heterocycles. The average molecular weight is 262 g/mol. The van der Waals surface area contributed by atoms with Crippen LogP contribution in [0.4, 0.5) is 5.82 Å². The van der Waals surface area contributed by atoms with Crippen molar-refractivity contribution >= 4 is 11.7 Å². The number of carbonyl (C=O) groups excluding carboxylic acids is 1. The number of pyridine rings is 1. The largest absolute Gasteiger partial charge is 0.373 e. The maximum atomic E-state index is 12.1. The molecule has 1 aromatic heterocycles. The number of likely N-dealkylation sites (tertiary alicyclic amines) is 1. The van der Waals surface area contributed by atoms with Crippen molar-refractivity contribution in [2.45, 2.75) is 19.4 Å². The Morgan fingerprint density at radius 1 is 1.47 bits per heavy atom. The van der Waals surface area contributed by atoms with Crippen LogP contribution in [0.25, 0.3) is 0 Å². The van der Waals surface area contributed by atoms with Gasteiger partial charge >= 0.3 is 0 Å². The first-order valence-electron chi connectivity index (χ1n) is 6.78. The van der Waals surface area contributed by atoms with Crippen molar-refractivity contribution in [3.63, 3.8) is 0 Å². The van der Waals surface area contributed by atoms with Gasteiger partial charge in [0.2, 0.25) is 5.91 Å². The molecule has 0 spiro atoms. The number of carbonyl (C=O) groups is 1. The van der Waals surface area contributed by atoms with Gasteiger partial charge in [0.1, 0.15) is 5.82 Å². The first kappa shape index (κ1) is 13.8. The van der Waals surface area contributed by atoms with Crippen LogP contribution in [0.5, 0.6) is 0 Å². The molecular weight excluding hydrogens is 240 g/mol. The quantitative estimate of drug-likeness (QED) is 0.865. The number of amides is 1. The molecule has 1 saturated heterocycles. The van der Waals surface area contributed by atoms with Gasteiger partial charge < -0.3 is 10.2 Å². The van der Waals surface area contributed by atoms with E-state index in [9.17, 15) is 4.79 Å². The molecule has 19 heavy (non-hydrogen) atoms. The summed E-state index contributed by atoms with van der Waals surface area (Å²) in [6, 6.07) is 3.96. The molecule has 0 aliphatic carbocycles. The summed E-state index contributed by atoms with van der Waals surface area (Å²) < 4.78 is 0. The molecule has 1 aliphatic rings. The number of aromatic nitrogens is 1. The normalized spacial score (nSPS) is 15.0. The molecule has 5 heteroatoms. The molecule has 1 N–H and O–H groups in total. The summed E-state index contributed by atoms with van der Waals surface area (Å²) in [5.41, 5.74) is 1.11. The van der Waals surface area contributed by atoms with E-state index < -0.39 is 0 Å². The third-order valence-corrected chi connectivity index (χ3v) is 3.43. The van der Waals surface area contributed by atoms with Gasteiger partial charge in [0.15, 0.2) is 0 Å². The molecule has 1 amide bonds. The Balaban J connectivity index is 1.89. The zero-order chi connectivity index (χ0) is 13.7. The highest BCUT2D eigenvalue weighted by Crippen LogP contribution is 2.13. The smallest absolute Gasteiger partial charge is 0.236 e. The lowest BCUT2D eigenvalue weighted by molar-refractivity contribution is -0.131. The van der Waals surface area contributed by atoms with E-state index in [0.29, 0.717) is 6.54 Å². The molecule has 0 bridgehead atoms. The molecule has 0 radical (unpaired) electrons. The maximum absolute atomic E-state index is 12.1. The van der Waals surface area contributed by atoms with Crippen molar-refractivity contribution in [3.05, 3.63) is 23.9 Å². The van der Waals surface area contributed by atoms with E-state index in [1.807, 2.05) is 36.0 Å². The van der Waals surface area contributed by atoms with Gasteiger partial charge in [0, 0.05) is 38.4 Å². The predicted octanol–water partition coefficient (Wildman–Crippen LogP) is 1.18. The third kappa shape index (κ3) is 3.67. The van der Waals surface area contributed by atoms with Gasteiger partial charge in [-0.15, -0.1) is 0 Å². The Morgan fingerprint density at radius 3 is 2.89 bits per heavy atom. The van der Waals surface area contributed by atoms with Gasteiger partial charge in [-0.2, -0.15) is 0 Å². The van der Waals surface area contributed by atoms with Crippen molar-refractivity contribution in [1.82, 2.24) is 14.8 Å². The van der Waals surface area contributed by atoms with E-state index in [-0.39, 0.29) is 5.91 Å². The van der Waals surface area contributed by atoms with Crippen molar-refractivity contribution in [2.75, 3.05) is 39.0 Å². The highest BCUT2D eigenvalue weighted by atomic mass is 16.2. The van der Waals surface area contributed by atoms with Crippen molar-refractivity contribution in [2.24, 2.45) is 0 Å². The van der Waals surface area contributed by atoms with Crippen LogP contribution in [0.1, 0.15) is 18.4 Å². The van der Waals surface area contributed by atoms with E-state index >= 15 is 0 Å². The minimum absolute atomic E-state index is 0.231. The summed E-state index contributed by atoms with van der Waals surface area (Å²) in [5, 5.41) is 3.08. The topological polar surface area (TPSA) is 48.5 Å². The Labute approximate surface area is 114 Å². The summed E-state index contributed by atoms with van der Waals surface area (Å²) in [7, 11) is 3.83. The van der Waals surface area contributed by atoms with E-state index in [1.54, 1.807) is 6.20 Å². The highest BCUT2D eigenvalue weighted by molar-refractivity contribution is 5.78. The minimum Gasteiger partial charge on any atom is -0.373 e. The summed E-state index contributed by atoms with van der Waals surface area (Å²) in [4.78, 5) is 20.3. The lowest BCUT2D eigenvalue weighted by atomic mass is 10.2. The Kier molecular flexibility index (Phi) is 4.74. The Hall–Kier alpha value is -1.62. The van der Waals surface area contributed by atoms with Crippen molar-refractivity contribution in [1.29, 1.82) is 0 Å². The zero-order valence-electron chi connectivity index (χ0n) is 11.7. The fourth-order valence-corrected chi connectivity index (χ4v) is 2.44. The van der Waals surface area contributed by atoms with E-state index in [2.05, 4.69) is 10.3 Å². The standard InChI is InChI=1S/C14H22N4O/c1-15-14-12(6-5-7-16-14)10-17(2)11-13(19)18-8-3-4-9-18/h5-7H,3-4,8-11H2,1-2H3,(H,15,16). The summed E-state index contributed by atoms with van der Waals surface area (Å²) in [5.74, 6) is 1.11. The van der Waals surface area contributed by atoms with Crippen LogP contribution in [0, 0.1) is 0 Å². The van der Waals surface area contributed by atoms with Gasteiger partial charge in [-0.1, -0.05) is 6.07 Å². The molecule has 2 rings (SSSR count). The van der Waals surface area contributed by atoms with Crippen LogP contribution in [-0.2, 0) is 11.3 Å². The second kappa shape index (κ2) is 6.52. The van der Waals surface area contributed by atoms with Crippen LogP contribution in [-0.4, -0.2) is 54.4 Å². The summed E-state index contributed by atoms with van der Waals surface area (Å²) >= 11 is 0. The van der Waals surface area contributed by atoms with Crippen molar-refractivity contribution in [3.8, 4) is 0 Å². The van der Waals surface area contributed by atoms with E-state index in [4.69, 9.17) is 0 Å². The van der Waals surface area contributed by atoms with Gasteiger partial charge in [0.25, 0.3) is 0 Å². The van der Waals surface area contributed by atoms with Crippen molar-refractivity contribution < 1.29 is 4.79 Å². The lowest BCUT2D eigenvalue weighted by Gasteiger charge is -2.21. The molecule has 0 unspecified atom stereocenters. The monoisotopic (exact) mass is 262 g/mol. The summed E-state index contributed by atoms with van der Waals surface area (Å²) in [6.07, 6.45) is 4.05. The molecule has 0 atom stereocenters. The molecule has 0 aromatic carbocycles. The second-order valence-corrected chi connectivity index (χ2v) is 5.02. The van der Waals surface area contributed by atoms with E-state index in [1.165, 1.54) is 0 Å². The number of nitrogens with zero attached hydrogens (tertiary/aromatic N) is 3. The van der Waals surface area contributed by atoms with Gasteiger partial charge in [0.05, 0.1) is 6.54 Å². The molecule has 1 aliphatic heterocycles. The SMILES string of the molecule is CNc1ncccc1CN(C)CC(=O)N1CCCC1. The Morgan fingerprint density at radius 2 is 2.21 bits per heavy atom. The minimum atomic E-state index is 0.231. The third-order valence-electron chi connectivity index (χ3n) is 3.43. The fraction of sp³-hybridized carbons (Fsp3) is 0.571. The van der Waals surface area contributed by atoms with Crippen LogP contribution in [0.2, 0.25) is 0 Å². The fourth-order valence-electron chi connectivity index (χ4n) is 2.44. The molecule has 5 nitrogen and oxygen atoms in total. The summed E-state index contributed by atoms with van der Waals surface area (Å²) in [6.45, 7) is 3.03. The number of anilines is 1. The zero-order valence-corrected chi connectivity index (χ0v) is 11.7. The van der Waals surface area contributed by atoms with Gasteiger partial charge in [-0.05, 0) is 26.0 Å². The van der Waals surface area contributed by atoms with E-state index in [0.717, 1.165) is 43.9 Å². The predicted molar refractivity (Wildman–Crippen MR) is 75.9 cm³/mol. The average Bonchev–Trinajstić information content (AvgIpc) is 2.93. The number of hydrogen-bond acceptors (Lipinski definition) is 4. The van der Waals surface area contributed by atoms with Gasteiger partial charge in [-0.25, -0.2) is 4.98 Å². The molecule has 1 aromatic rings. The number of hydrogen-bond donors (Lipinski definition) is 1. The number of rotatable bonds is 5. The van der Waals surface area contributed by atoms with Gasteiger partial charge in [-0.3, -0.25) is 9.69 Å². The maximum Gasteiger partial charge on any atom is 0.236 e. The molecule has 0 saturated carbocycles. The highest BCUT2D eigenvalue weighted by Gasteiger charge is 2.19. The molecule has 104 valence electrons. The lowest BCUT2D eigenvalue weighted by Crippen LogP contribution is -2.37. The van der Waals surface area contributed by atoms with Crippen LogP contribution < -0.4 is 5.32 Å². The number of nitrogens with one attached hydrogen (secondary N) is 1. The van der Waals surface area contributed by atoms with Crippen LogP contribution in [0.15, 0.2) is 18.3 Å². The molecule has 1 fully saturated rings. The Bertz CT molecular complexity index is 429.